The van der Waals surface area contributed by atoms with E-state index in [-0.39, 0.29) is 39.3 Å². The fourth-order valence-corrected chi connectivity index (χ4v) is 3.24. The van der Waals surface area contributed by atoms with Gasteiger partial charge in [0.05, 0.1) is 50.1 Å². The average Bonchev–Trinajstić information content (AvgIpc) is 2.61. The SMILES string of the molecule is CCOC(=O)[C@H]1C[C@@H](C(=O)OCC)[C@@H](C(=O)OCC)C[C@H]1C(=O)OCC. The summed E-state index contributed by atoms with van der Waals surface area (Å²) in [5.74, 6) is -5.79. The van der Waals surface area contributed by atoms with Crippen molar-refractivity contribution >= 4 is 23.9 Å². The zero-order valence-electron chi connectivity index (χ0n) is 15.8. The Hall–Kier alpha value is -2.12. The third-order valence-corrected chi connectivity index (χ3v) is 4.34. The predicted octanol–water partition coefficient (Wildman–Crippen LogP) is 1.50. The van der Waals surface area contributed by atoms with Crippen LogP contribution in [0.1, 0.15) is 40.5 Å². The van der Waals surface area contributed by atoms with Crippen molar-refractivity contribution in [3.05, 3.63) is 0 Å². The number of esters is 4. The van der Waals surface area contributed by atoms with Crippen LogP contribution in [-0.4, -0.2) is 50.3 Å². The van der Waals surface area contributed by atoms with Gasteiger partial charge in [-0.2, -0.15) is 0 Å². The number of carbonyl (C=O) groups is 4. The van der Waals surface area contributed by atoms with Crippen molar-refractivity contribution in [3.63, 3.8) is 0 Å². The summed E-state index contributed by atoms with van der Waals surface area (Å²) in [6, 6.07) is 0. The van der Waals surface area contributed by atoms with Gasteiger partial charge in [-0.15, -0.1) is 0 Å². The molecule has 0 aromatic heterocycles. The molecule has 1 aliphatic rings. The third kappa shape index (κ3) is 5.44. The van der Waals surface area contributed by atoms with Gasteiger partial charge < -0.3 is 18.9 Å². The summed E-state index contributed by atoms with van der Waals surface area (Å²) in [6.07, 6.45) is -0.0464. The van der Waals surface area contributed by atoms with Crippen molar-refractivity contribution in [3.8, 4) is 0 Å². The maximum absolute atomic E-state index is 12.3. The Bertz CT molecular complexity index is 425. The second-order valence-electron chi connectivity index (χ2n) is 5.91. The van der Waals surface area contributed by atoms with Gasteiger partial charge in [-0.25, -0.2) is 0 Å². The molecule has 1 aliphatic carbocycles. The van der Waals surface area contributed by atoms with Crippen LogP contribution in [0.25, 0.3) is 0 Å². The molecule has 0 unspecified atom stereocenters. The van der Waals surface area contributed by atoms with E-state index in [1.165, 1.54) is 0 Å². The van der Waals surface area contributed by atoms with Gasteiger partial charge in [-0.1, -0.05) is 0 Å². The summed E-state index contributed by atoms with van der Waals surface area (Å²) >= 11 is 0. The quantitative estimate of drug-likeness (QED) is 0.466. The van der Waals surface area contributed by atoms with E-state index >= 15 is 0 Å². The van der Waals surface area contributed by atoms with Gasteiger partial charge in [0.1, 0.15) is 0 Å². The predicted molar refractivity (Wildman–Crippen MR) is 89.7 cm³/mol. The zero-order valence-corrected chi connectivity index (χ0v) is 15.8. The smallest absolute Gasteiger partial charge is 0.309 e. The lowest BCUT2D eigenvalue weighted by Crippen LogP contribution is -2.46. The lowest BCUT2D eigenvalue weighted by molar-refractivity contribution is -0.175. The van der Waals surface area contributed by atoms with Crippen LogP contribution in [-0.2, 0) is 38.1 Å². The molecular weight excluding hydrogens is 344 g/mol. The van der Waals surface area contributed by atoms with E-state index in [1.54, 1.807) is 27.7 Å². The van der Waals surface area contributed by atoms with Gasteiger partial charge in [0.15, 0.2) is 0 Å². The minimum Gasteiger partial charge on any atom is -0.466 e. The molecule has 0 radical (unpaired) electrons. The second-order valence-corrected chi connectivity index (χ2v) is 5.91. The first kappa shape index (κ1) is 21.9. The molecule has 148 valence electrons. The Kier molecular flexibility index (Phi) is 9.09. The molecule has 8 heteroatoms. The molecule has 0 aromatic carbocycles. The van der Waals surface area contributed by atoms with Crippen molar-refractivity contribution in [2.24, 2.45) is 23.7 Å². The standard InChI is InChI=1S/C18H28O8/c1-5-23-15(19)11-9-13(17(21)25-7-3)14(18(22)26-8-4)10-12(11)16(20)24-6-2/h11-14H,5-10H2,1-4H3/t11-,12+,13+,14-. The number of hydrogen-bond acceptors (Lipinski definition) is 8. The lowest BCUT2D eigenvalue weighted by Gasteiger charge is -2.36. The van der Waals surface area contributed by atoms with Crippen LogP contribution in [0.4, 0.5) is 0 Å². The van der Waals surface area contributed by atoms with E-state index in [4.69, 9.17) is 18.9 Å². The molecule has 0 spiro atoms. The average molecular weight is 372 g/mol. The first-order valence-corrected chi connectivity index (χ1v) is 9.07. The summed E-state index contributed by atoms with van der Waals surface area (Å²) in [6.45, 7) is 7.22. The Balaban J connectivity index is 3.17. The highest BCUT2D eigenvalue weighted by atomic mass is 16.5. The van der Waals surface area contributed by atoms with Crippen molar-refractivity contribution < 1.29 is 38.1 Å². The summed E-state index contributed by atoms with van der Waals surface area (Å²) < 4.78 is 20.2. The molecule has 0 N–H and O–H groups in total. The van der Waals surface area contributed by atoms with E-state index < -0.39 is 47.5 Å². The van der Waals surface area contributed by atoms with Gasteiger partial charge in [-0.05, 0) is 40.5 Å². The second kappa shape index (κ2) is 10.8. The molecule has 26 heavy (non-hydrogen) atoms. The maximum atomic E-state index is 12.3. The number of ether oxygens (including phenoxy) is 4. The zero-order chi connectivity index (χ0) is 19.7. The highest BCUT2D eigenvalue weighted by molar-refractivity contribution is 5.87. The normalized spacial score (nSPS) is 25.1. The molecule has 0 heterocycles. The molecule has 1 fully saturated rings. The van der Waals surface area contributed by atoms with Gasteiger partial charge >= 0.3 is 23.9 Å². The molecule has 1 saturated carbocycles. The summed E-state index contributed by atoms with van der Waals surface area (Å²) in [4.78, 5) is 49.4. The topological polar surface area (TPSA) is 105 Å². The molecule has 0 aromatic rings. The molecule has 8 nitrogen and oxygen atoms in total. The molecule has 0 amide bonds. The van der Waals surface area contributed by atoms with Crippen molar-refractivity contribution in [1.29, 1.82) is 0 Å². The number of rotatable bonds is 8. The van der Waals surface area contributed by atoms with Crippen LogP contribution < -0.4 is 0 Å². The van der Waals surface area contributed by atoms with Gasteiger partial charge in [0, 0.05) is 0 Å². The van der Waals surface area contributed by atoms with Crippen LogP contribution in [0.2, 0.25) is 0 Å². The van der Waals surface area contributed by atoms with E-state index in [9.17, 15) is 19.2 Å². The van der Waals surface area contributed by atoms with Gasteiger partial charge in [0.25, 0.3) is 0 Å². The van der Waals surface area contributed by atoms with Crippen LogP contribution in [0, 0.1) is 23.7 Å². The molecule has 0 saturated heterocycles. The van der Waals surface area contributed by atoms with Crippen molar-refractivity contribution in [2.45, 2.75) is 40.5 Å². The van der Waals surface area contributed by atoms with E-state index in [0.717, 1.165) is 0 Å². The van der Waals surface area contributed by atoms with Crippen molar-refractivity contribution in [1.82, 2.24) is 0 Å². The molecule has 1 rings (SSSR count). The number of hydrogen-bond donors (Lipinski definition) is 0. The fraction of sp³-hybridized carbons (Fsp3) is 0.778. The largest absolute Gasteiger partial charge is 0.466 e. The van der Waals surface area contributed by atoms with Gasteiger partial charge in [0.2, 0.25) is 0 Å². The van der Waals surface area contributed by atoms with Crippen LogP contribution in [0.15, 0.2) is 0 Å². The molecule has 0 aliphatic heterocycles. The summed E-state index contributed by atoms with van der Waals surface area (Å²) in [5.41, 5.74) is 0. The first-order chi connectivity index (χ1) is 12.4. The van der Waals surface area contributed by atoms with Gasteiger partial charge in [-0.3, -0.25) is 19.2 Å². The maximum Gasteiger partial charge on any atom is 0.309 e. The first-order valence-electron chi connectivity index (χ1n) is 9.07. The summed E-state index contributed by atoms with van der Waals surface area (Å²) in [7, 11) is 0. The van der Waals surface area contributed by atoms with Crippen LogP contribution in [0.5, 0.6) is 0 Å². The Morgan fingerprint density at radius 3 is 0.885 bits per heavy atom. The van der Waals surface area contributed by atoms with E-state index in [2.05, 4.69) is 0 Å². The molecule has 0 bridgehead atoms. The third-order valence-electron chi connectivity index (χ3n) is 4.34. The van der Waals surface area contributed by atoms with Crippen LogP contribution >= 0.6 is 0 Å². The highest BCUT2D eigenvalue weighted by Gasteiger charge is 2.50. The Labute approximate surface area is 153 Å². The lowest BCUT2D eigenvalue weighted by atomic mass is 9.68. The molecule has 4 atom stereocenters. The molecular formula is C18H28O8. The monoisotopic (exact) mass is 372 g/mol. The van der Waals surface area contributed by atoms with E-state index in [1.807, 2.05) is 0 Å². The fourth-order valence-electron chi connectivity index (χ4n) is 3.24. The van der Waals surface area contributed by atoms with Crippen molar-refractivity contribution in [2.75, 3.05) is 26.4 Å². The number of carbonyl (C=O) groups excluding carboxylic acids is 4. The van der Waals surface area contributed by atoms with Crippen LogP contribution in [0.3, 0.4) is 0 Å². The Morgan fingerprint density at radius 1 is 0.538 bits per heavy atom. The minimum atomic E-state index is -0.867. The van der Waals surface area contributed by atoms with E-state index in [0.29, 0.717) is 0 Å². The summed E-state index contributed by atoms with van der Waals surface area (Å²) in [5, 5.41) is 0. The minimum absolute atomic E-state index is 0.0232. The Morgan fingerprint density at radius 2 is 0.731 bits per heavy atom. The highest BCUT2D eigenvalue weighted by Crippen LogP contribution is 2.41.